The maximum atomic E-state index is 5.89. The fourth-order valence-electron chi connectivity index (χ4n) is 1.92. The van der Waals surface area contributed by atoms with Crippen LogP contribution in [0.15, 0.2) is 41.8 Å². The Morgan fingerprint density at radius 3 is 2.72 bits per heavy atom. The minimum absolute atomic E-state index is 0.602. The van der Waals surface area contributed by atoms with Gasteiger partial charge in [0.1, 0.15) is 0 Å². The van der Waals surface area contributed by atoms with Gasteiger partial charge in [0, 0.05) is 16.8 Å². The van der Waals surface area contributed by atoms with Crippen LogP contribution in [0.3, 0.4) is 0 Å². The molecule has 1 unspecified atom stereocenters. The van der Waals surface area contributed by atoms with E-state index in [2.05, 4.69) is 42.6 Å². The summed E-state index contributed by atoms with van der Waals surface area (Å²) < 4.78 is 0. The summed E-state index contributed by atoms with van der Waals surface area (Å²) in [4.78, 5) is 1.30. The maximum Gasteiger partial charge on any atom is 0.0516 e. The molecule has 0 radical (unpaired) electrons. The van der Waals surface area contributed by atoms with Crippen LogP contribution in [0.1, 0.15) is 29.7 Å². The van der Waals surface area contributed by atoms with Crippen molar-refractivity contribution in [2.24, 2.45) is 0 Å². The molecule has 0 aliphatic rings. The van der Waals surface area contributed by atoms with Crippen LogP contribution in [0.4, 0.5) is 0 Å². The zero-order valence-electron chi connectivity index (χ0n) is 10.5. The number of nitrogens with one attached hydrogen (secondary N) is 1. The monoisotopic (exact) mass is 279 g/mol. The van der Waals surface area contributed by atoms with Crippen molar-refractivity contribution in [1.29, 1.82) is 0 Å². The van der Waals surface area contributed by atoms with Crippen LogP contribution in [0.2, 0.25) is 5.02 Å². The Bertz CT molecular complexity index is 466. The number of benzene rings is 1. The van der Waals surface area contributed by atoms with Gasteiger partial charge in [0.05, 0.1) is 5.02 Å². The van der Waals surface area contributed by atoms with Crippen LogP contribution >= 0.6 is 22.9 Å². The summed E-state index contributed by atoms with van der Waals surface area (Å²) in [5, 5.41) is 6.29. The van der Waals surface area contributed by atoms with Crippen molar-refractivity contribution < 1.29 is 0 Å². The zero-order chi connectivity index (χ0) is 12.8. The topological polar surface area (TPSA) is 12.0 Å². The SMILES string of the molecule is CC(CCNCc1cc(Cl)cs1)c1ccccc1. The van der Waals surface area contributed by atoms with Crippen molar-refractivity contribution in [2.75, 3.05) is 6.54 Å². The molecule has 1 nitrogen and oxygen atoms in total. The summed E-state index contributed by atoms with van der Waals surface area (Å²) >= 11 is 7.60. The average Bonchev–Trinajstić information content (AvgIpc) is 2.81. The van der Waals surface area contributed by atoms with E-state index >= 15 is 0 Å². The molecule has 2 aromatic rings. The normalized spacial score (nSPS) is 12.6. The third-order valence-corrected chi connectivity index (χ3v) is 4.33. The van der Waals surface area contributed by atoms with E-state index in [0.717, 1.165) is 24.5 Å². The Kier molecular flexibility index (Phi) is 5.24. The fourth-order valence-corrected chi connectivity index (χ4v) is 2.97. The first-order valence-corrected chi connectivity index (χ1v) is 7.50. The Labute approximate surface area is 118 Å². The number of thiophene rings is 1. The molecule has 3 heteroatoms. The highest BCUT2D eigenvalue weighted by atomic mass is 35.5. The summed E-state index contributed by atoms with van der Waals surface area (Å²) in [6.45, 7) is 4.23. The van der Waals surface area contributed by atoms with Gasteiger partial charge in [-0.2, -0.15) is 0 Å². The zero-order valence-corrected chi connectivity index (χ0v) is 12.1. The number of rotatable bonds is 6. The minimum atomic E-state index is 0.602. The van der Waals surface area contributed by atoms with Crippen molar-refractivity contribution in [2.45, 2.75) is 25.8 Å². The molecule has 18 heavy (non-hydrogen) atoms. The highest BCUT2D eigenvalue weighted by molar-refractivity contribution is 7.10. The number of hydrogen-bond donors (Lipinski definition) is 1. The molecule has 0 saturated heterocycles. The second-order valence-electron chi connectivity index (χ2n) is 4.51. The first-order valence-electron chi connectivity index (χ1n) is 6.24. The van der Waals surface area contributed by atoms with E-state index in [-0.39, 0.29) is 0 Å². The summed E-state index contributed by atoms with van der Waals surface area (Å²) in [5.41, 5.74) is 1.42. The molecule has 0 aliphatic carbocycles. The molecule has 0 amide bonds. The van der Waals surface area contributed by atoms with Crippen molar-refractivity contribution in [3.8, 4) is 0 Å². The molecule has 1 atom stereocenters. The van der Waals surface area contributed by atoms with Gasteiger partial charge in [-0.3, -0.25) is 0 Å². The Morgan fingerprint density at radius 2 is 2.06 bits per heavy atom. The lowest BCUT2D eigenvalue weighted by Crippen LogP contribution is -2.15. The Balaban J connectivity index is 1.69. The van der Waals surface area contributed by atoms with Gasteiger partial charge < -0.3 is 5.32 Å². The van der Waals surface area contributed by atoms with E-state index < -0.39 is 0 Å². The van der Waals surface area contributed by atoms with Crippen LogP contribution < -0.4 is 5.32 Å². The van der Waals surface area contributed by atoms with E-state index in [1.807, 2.05) is 11.4 Å². The number of halogens is 1. The second-order valence-corrected chi connectivity index (χ2v) is 5.94. The quantitative estimate of drug-likeness (QED) is 0.757. The molecule has 1 aromatic carbocycles. The molecule has 1 heterocycles. The van der Waals surface area contributed by atoms with Crippen LogP contribution in [0, 0.1) is 0 Å². The van der Waals surface area contributed by atoms with Gasteiger partial charge in [0.15, 0.2) is 0 Å². The standard InChI is InChI=1S/C15H18ClNS/c1-12(13-5-3-2-4-6-13)7-8-17-10-15-9-14(16)11-18-15/h2-6,9,11-12,17H,7-8,10H2,1H3. The van der Waals surface area contributed by atoms with Gasteiger partial charge in [-0.15, -0.1) is 11.3 Å². The summed E-state index contributed by atoms with van der Waals surface area (Å²) in [6.07, 6.45) is 1.16. The molecule has 0 spiro atoms. The molecule has 96 valence electrons. The molecule has 1 N–H and O–H groups in total. The van der Waals surface area contributed by atoms with Gasteiger partial charge in [-0.25, -0.2) is 0 Å². The highest BCUT2D eigenvalue weighted by Crippen LogP contribution is 2.20. The Morgan fingerprint density at radius 1 is 1.28 bits per heavy atom. The first-order chi connectivity index (χ1) is 8.75. The third kappa shape index (κ3) is 4.13. The van der Waals surface area contributed by atoms with E-state index in [4.69, 9.17) is 11.6 Å². The lowest BCUT2D eigenvalue weighted by molar-refractivity contribution is 0.597. The van der Waals surface area contributed by atoms with Crippen molar-refractivity contribution in [1.82, 2.24) is 5.32 Å². The Hall–Kier alpha value is -0.830. The van der Waals surface area contributed by atoms with Crippen LogP contribution in [0.25, 0.3) is 0 Å². The third-order valence-electron chi connectivity index (χ3n) is 3.04. The molecule has 2 rings (SSSR count). The summed E-state index contributed by atoms with van der Waals surface area (Å²) in [5.74, 6) is 0.602. The van der Waals surface area contributed by atoms with E-state index in [9.17, 15) is 0 Å². The van der Waals surface area contributed by atoms with Crippen molar-refractivity contribution in [3.05, 3.63) is 57.2 Å². The van der Waals surface area contributed by atoms with Crippen molar-refractivity contribution >= 4 is 22.9 Å². The van der Waals surface area contributed by atoms with Crippen LogP contribution in [0.5, 0.6) is 0 Å². The second kappa shape index (κ2) is 6.93. The van der Waals surface area contributed by atoms with E-state index in [1.165, 1.54) is 10.4 Å². The van der Waals surface area contributed by atoms with Crippen LogP contribution in [-0.2, 0) is 6.54 Å². The maximum absolute atomic E-state index is 5.89. The lowest BCUT2D eigenvalue weighted by Gasteiger charge is -2.11. The fraction of sp³-hybridized carbons (Fsp3) is 0.333. The molecule has 0 aliphatic heterocycles. The molecule has 0 saturated carbocycles. The lowest BCUT2D eigenvalue weighted by atomic mass is 9.98. The molecule has 1 aromatic heterocycles. The molecular weight excluding hydrogens is 262 g/mol. The smallest absolute Gasteiger partial charge is 0.0516 e. The summed E-state index contributed by atoms with van der Waals surface area (Å²) in [6, 6.07) is 12.7. The average molecular weight is 280 g/mol. The first kappa shape index (κ1) is 13.6. The van der Waals surface area contributed by atoms with Crippen LogP contribution in [-0.4, -0.2) is 6.54 Å². The molecule has 0 fully saturated rings. The van der Waals surface area contributed by atoms with E-state index in [0.29, 0.717) is 5.92 Å². The predicted molar refractivity (Wildman–Crippen MR) is 80.5 cm³/mol. The minimum Gasteiger partial charge on any atom is -0.312 e. The van der Waals surface area contributed by atoms with Gasteiger partial charge in [0.2, 0.25) is 0 Å². The largest absolute Gasteiger partial charge is 0.312 e. The summed E-state index contributed by atoms with van der Waals surface area (Å²) in [7, 11) is 0. The van der Waals surface area contributed by atoms with E-state index in [1.54, 1.807) is 11.3 Å². The van der Waals surface area contributed by atoms with Gasteiger partial charge in [-0.05, 0) is 30.5 Å². The highest BCUT2D eigenvalue weighted by Gasteiger charge is 2.04. The molecule has 0 bridgehead atoms. The van der Waals surface area contributed by atoms with Gasteiger partial charge in [-0.1, -0.05) is 48.9 Å². The van der Waals surface area contributed by atoms with Crippen molar-refractivity contribution in [3.63, 3.8) is 0 Å². The number of hydrogen-bond acceptors (Lipinski definition) is 2. The molecular formula is C15H18ClNS. The predicted octanol–water partition coefficient (Wildman–Crippen LogP) is 4.68. The van der Waals surface area contributed by atoms with Gasteiger partial charge >= 0.3 is 0 Å². The van der Waals surface area contributed by atoms with Gasteiger partial charge in [0.25, 0.3) is 0 Å².